The number of nitro groups is 1. The first kappa shape index (κ1) is 20.2. The molecule has 142 valence electrons. The first-order valence-corrected chi connectivity index (χ1v) is 8.20. The fraction of sp³-hybridized carbons (Fsp3) is 0.222. The van der Waals surface area contributed by atoms with Crippen LogP contribution in [0.15, 0.2) is 36.4 Å². The largest absolute Gasteiger partial charge is 0.491 e. The molecule has 0 fully saturated rings. The third-order valence-electron chi connectivity index (χ3n) is 3.48. The Bertz CT molecular complexity index is 865. The predicted octanol–water partition coefficient (Wildman–Crippen LogP) is 3.70. The smallest absolute Gasteiger partial charge is 0.338 e. The van der Waals surface area contributed by atoms with Gasteiger partial charge in [-0.15, -0.1) is 0 Å². The van der Waals surface area contributed by atoms with Crippen LogP contribution in [-0.4, -0.2) is 37.0 Å². The maximum atomic E-state index is 12.2. The number of nitro benzene ring substituents is 1. The van der Waals surface area contributed by atoms with Crippen molar-refractivity contribution < 1.29 is 28.7 Å². The lowest BCUT2D eigenvalue weighted by Crippen LogP contribution is -2.14. The molecule has 8 nitrogen and oxygen atoms in total. The van der Waals surface area contributed by atoms with E-state index in [-0.39, 0.29) is 33.3 Å². The van der Waals surface area contributed by atoms with Gasteiger partial charge >= 0.3 is 5.97 Å². The highest BCUT2D eigenvalue weighted by Gasteiger charge is 2.18. The summed E-state index contributed by atoms with van der Waals surface area (Å²) in [5.74, 6) is -0.697. The van der Waals surface area contributed by atoms with Crippen LogP contribution in [0.4, 0.5) is 5.69 Å². The van der Waals surface area contributed by atoms with E-state index in [4.69, 9.17) is 25.8 Å². The van der Waals surface area contributed by atoms with E-state index < -0.39 is 23.3 Å². The van der Waals surface area contributed by atoms with Crippen molar-refractivity contribution in [3.05, 3.63) is 62.7 Å². The molecule has 27 heavy (non-hydrogen) atoms. The number of carbonyl (C=O) groups excluding carboxylic acids is 2. The minimum absolute atomic E-state index is 0.0979. The van der Waals surface area contributed by atoms with Crippen LogP contribution in [0.25, 0.3) is 0 Å². The van der Waals surface area contributed by atoms with Crippen LogP contribution in [0.3, 0.4) is 0 Å². The molecule has 0 atom stereocenters. The highest BCUT2D eigenvalue weighted by Crippen LogP contribution is 2.36. The molecule has 0 aliphatic carbocycles. The van der Waals surface area contributed by atoms with E-state index in [0.717, 1.165) is 0 Å². The van der Waals surface area contributed by atoms with Crippen molar-refractivity contribution in [3.8, 4) is 11.5 Å². The Morgan fingerprint density at radius 3 is 2.37 bits per heavy atom. The molecule has 0 aromatic heterocycles. The number of nitrogens with zero attached hydrogens (tertiary/aromatic N) is 1. The Morgan fingerprint density at radius 2 is 1.81 bits per heavy atom. The number of esters is 1. The lowest BCUT2D eigenvalue weighted by Gasteiger charge is -2.12. The second-order valence-corrected chi connectivity index (χ2v) is 5.63. The molecule has 0 spiro atoms. The predicted molar refractivity (Wildman–Crippen MR) is 96.9 cm³/mol. The molecule has 2 aromatic carbocycles. The number of hydrogen-bond acceptors (Lipinski definition) is 7. The van der Waals surface area contributed by atoms with E-state index in [1.54, 1.807) is 6.92 Å². The minimum Gasteiger partial charge on any atom is -0.491 e. The van der Waals surface area contributed by atoms with Crippen LogP contribution < -0.4 is 9.47 Å². The van der Waals surface area contributed by atoms with Gasteiger partial charge in [0.2, 0.25) is 0 Å². The number of methoxy groups -OCH3 is 1. The molecule has 0 aliphatic rings. The van der Waals surface area contributed by atoms with Crippen LogP contribution in [0.5, 0.6) is 11.5 Å². The second kappa shape index (κ2) is 9.00. The van der Waals surface area contributed by atoms with E-state index in [1.807, 2.05) is 0 Å². The van der Waals surface area contributed by atoms with Gasteiger partial charge in [-0.2, -0.15) is 0 Å². The summed E-state index contributed by atoms with van der Waals surface area (Å²) in [6, 6.07) is 7.76. The molecule has 0 saturated heterocycles. The highest BCUT2D eigenvalue weighted by molar-refractivity contribution is 6.32. The van der Waals surface area contributed by atoms with Crippen LogP contribution in [0.1, 0.15) is 27.6 Å². The van der Waals surface area contributed by atoms with Gasteiger partial charge in [0.1, 0.15) is 0 Å². The third kappa shape index (κ3) is 4.95. The normalized spacial score (nSPS) is 10.2. The van der Waals surface area contributed by atoms with Gasteiger partial charge < -0.3 is 14.2 Å². The number of ketones is 1. The number of rotatable bonds is 8. The van der Waals surface area contributed by atoms with Crippen molar-refractivity contribution in [2.75, 3.05) is 20.3 Å². The quantitative estimate of drug-likeness (QED) is 0.291. The van der Waals surface area contributed by atoms with Gasteiger partial charge in [-0.1, -0.05) is 11.6 Å². The minimum atomic E-state index is -0.768. The molecule has 0 unspecified atom stereocenters. The Morgan fingerprint density at radius 1 is 1.15 bits per heavy atom. The van der Waals surface area contributed by atoms with Crippen molar-refractivity contribution >= 4 is 29.0 Å². The van der Waals surface area contributed by atoms with Gasteiger partial charge in [0.25, 0.3) is 5.69 Å². The molecule has 0 radical (unpaired) electrons. The van der Waals surface area contributed by atoms with E-state index in [9.17, 15) is 19.7 Å². The zero-order chi connectivity index (χ0) is 20.0. The molecule has 2 aromatic rings. The van der Waals surface area contributed by atoms with Gasteiger partial charge in [-0.3, -0.25) is 14.9 Å². The fourth-order valence-electron chi connectivity index (χ4n) is 2.21. The zero-order valence-electron chi connectivity index (χ0n) is 14.6. The Labute approximate surface area is 159 Å². The summed E-state index contributed by atoms with van der Waals surface area (Å²) in [5, 5.41) is 10.8. The summed E-state index contributed by atoms with van der Waals surface area (Å²) in [5.41, 5.74) is 0.150. The molecule has 0 aliphatic heterocycles. The Balaban J connectivity index is 2.08. The summed E-state index contributed by atoms with van der Waals surface area (Å²) in [4.78, 5) is 34.3. The molecule has 0 heterocycles. The first-order chi connectivity index (χ1) is 12.9. The lowest BCUT2D eigenvalue weighted by atomic mass is 10.1. The van der Waals surface area contributed by atoms with Crippen LogP contribution >= 0.6 is 11.6 Å². The number of non-ortho nitro benzene ring substituents is 1. The number of ether oxygens (including phenoxy) is 3. The Hall–Kier alpha value is -3.13. The maximum absolute atomic E-state index is 12.2. The summed E-state index contributed by atoms with van der Waals surface area (Å²) >= 11 is 6.08. The number of hydrogen-bond donors (Lipinski definition) is 0. The molecule has 9 heteroatoms. The molecule has 0 N–H and O–H groups in total. The highest BCUT2D eigenvalue weighted by atomic mass is 35.5. The third-order valence-corrected chi connectivity index (χ3v) is 3.76. The number of halogens is 1. The maximum Gasteiger partial charge on any atom is 0.338 e. The summed E-state index contributed by atoms with van der Waals surface area (Å²) < 4.78 is 15.5. The van der Waals surface area contributed by atoms with Gasteiger partial charge in [0.05, 0.1) is 29.2 Å². The molecule has 0 bridgehead atoms. The molecular formula is C18H16ClNO7. The summed E-state index contributed by atoms with van der Waals surface area (Å²) in [7, 11) is 1.42. The first-order valence-electron chi connectivity index (χ1n) is 7.82. The van der Waals surface area contributed by atoms with Gasteiger partial charge in [0.15, 0.2) is 23.9 Å². The van der Waals surface area contributed by atoms with Crippen molar-refractivity contribution in [1.82, 2.24) is 0 Å². The number of Topliss-reactive ketones (excluding diaryl/α,β-unsaturated/α-hetero) is 1. The molecular weight excluding hydrogens is 378 g/mol. The van der Waals surface area contributed by atoms with Crippen LogP contribution in [0, 0.1) is 10.1 Å². The average Bonchev–Trinajstić information content (AvgIpc) is 2.65. The van der Waals surface area contributed by atoms with Gasteiger partial charge in [-0.05, 0) is 31.2 Å². The number of benzene rings is 2. The zero-order valence-corrected chi connectivity index (χ0v) is 15.3. The molecule has 0 amide bonds. The van der Waals surface area contributed by atoms with E-state index in [0.29, 0.717) is 6.61 Å². The standard InChI is InChI=1S/C18H16ClNO7/c1-3-26-16-9-12(8-14(19)17(16)25-2)18(22)27-10-15(21)11-4-6-13(7-5-11)20(23)24/h4-9H,3,10H2,1-2H3. The SMILES string of the molecule is CCOc1cc(C(=O)OCC(=O)c2ccc([N+](=O)[O-])cc2)cc(Cl)c1OC. The van der Waals surface area contributed by atoms with E-state index in [2.05, 4.69) is 0 Å². The van der Waals surface area contributed by atoms with Crippen LogP contribution in [0.2, 0.25) is 5.02 Å². The molecule has 0 saturated carbocycles. The number of carbonyl (C=O) groups is 2. The summed E-state index contributed by atoms with van der Waals surface area (Å²) in [6.45, 7) is 1.58. The van der Waals surface area contributed by atoms with Gasteiger partial charge in [0, 0.05) is 17.7 Å². The van der Waals surface area contributed by atoms with Crippen LogP contribution in [-0.2, 0) is 4.74 Å². The summed E-state index contributed by atoms with van der Waals surface area (Å²) in [6.07, 6.45) is 0. The van der Waals surface area contributed by atoms with Crippen molar-refractivity contribution in [3.63, 3.8) is 0 Å². The van der Waals surface area contributed by atoms with Crippen molar-refractivity contribution in [2.45, 2.75) is 6.92 Å². The second-order valence-electron chi connectivity index (χ2n) is 5.23. The lowest BCUT2D eigenvalue weighted by molar-refractivity contribution is -0.384. The fourth-order valence-corrected chi connectivity index (χ4v) is 2.50. The van der Waals surface area contributed by atoms with Gasteiger partial charge in [-0.25, -0.2) is 4.79 Å². The molecule has 2 rings (SSSR count). The van der Waals surface area contributed by atoms with E-state index >= 15 is 0 Å². The average molecular weight is 394 g/mol. The monoisotopic (exact) mass is 393 g/mol. The van der Waals surface area contributed by atoms with Crippen molar-refractivity contribution in [2.24, 2.45) is 0 Å². The van der Waals surface area contributed by atoms with E-state index in [1.165, 1.54) is 43.5 Å². The van der Waals surface area contributed by atoms with Crippen molar-refractivity contribution in [1.29, 1.82) is 0 Å². The topological polar surface area (TPSA) is 105 Å². The Kier molecular flexibility index (Phi) is 6.73.